The van der Waals surface area contributed by atoms with Crippen LogP contribution in [0.5, 0.6) is 0 Å². The van der Waals surface area contributed by atoms with Gasteiger partial charge in [-0.25, -0.2) is 10.0 Å². The van der Waals surface area contributed by atoms with Crippen molar-refractivity contribution in [1.82, 2.24) is 5.01 Å². The minimum Gasteiger partial charge on any atom is -0.391 e. The van der Waals surface area contributed by atoms with Gasteiger partial charge < -0.3 is 25.8 Å². The molecule has 2 rings (SSSR count). The molecule has 5 N–H and O–H groups in total. The van der Waals surface area contributed by atoms with E-state index >= 15 is 0 Å². The molecule has 0 radical (unpaired) electrons. The molecular weight excluding hydrogens is 288 g/mol. The summed E-state index contributed by atoms with van der Waals surface area (Å²) in [6.45, 7) is 1.43. The van der Waals surface area contributed by atoms with E-state index in [0.29, 0.717) is 0 Å². The zero-order chi connectivity index (χ0) is 15.1. The van der Waals surface area contributed by atoms with Crippen LogP contribution in [-0.4, -0.2) is 68.1 Å². The van der Waals surface area contributed by atoms with Crippen molar-refractivity contribution in [1.29, 1.82) is 0 Å². The van der Waals surface area contributed by atoms with Crippen molar-refractivity contribution >= 4 is 23.7 Å². The molecule has 3 unspecified atom stereocenters. The van der Waals surface area contributed by atoms with Gasteiger partial charge in [0.15, 0.2) is 11.1 Å². The minimum absolute atomic E-state index is 0.0280. The Morgan fingerprint density at radius 2 is 2.30 bits per heavy atom. The van der Waals surface area contributed by atoms with E-state index < -0.39 is 35.8 Å². The third-order valence-electron chi connectivity index (χ3n) is 3.15. The highest BCUT2D eigenvalue weighted by Gasteiger charge is 2.59. The molecule has 0 aromatic rings. The number of halogens is 1. The summed E-state index contributed by atoms with van der Waals surface area (Å²) < 4.78 is 5.45. The molecule has 2 aliphatic heterocycles. The molecule has 6 atom stereocenters. The van der Waals surface area contributed by atoms with Gasteiger partial charge in [0.1, 0.15) is 18.0 Å². The predicted octanol–water partition coefficient (Wildman–Crippen LogP) is -2.00. The molecule has 8 nitrogen and oxygen atoms in total. The zero-order valence-corrected chi connectivity index (χ0v) is 11.3. The Balaban J connectivity index is 2.32. The third kappa shape index (κ3) is 2.24. The molecule has 1 fully saturated rings. The van der Waals surface area contributed by atoms with Crippen molar-refractivity contribution < 1.29 is 20.1 Å². The highest BCUT2D eigenvalue weighted by molar-refractivity contribution is 6.29. The van der Waals surface area contributed by atoms with Crippen molar-refractivity contribution in [3.63, 3.8) is 0 Å². The Hall–Kier alpha value is -1.37. The Labute approximate surface area is 120 Å². The summed E-state index contributed by atoms with van der Waals surface area (Å²) >= 11 is 6.22. The van der Waals surface area contributed by atoms with Crippen molar-refractivity contribution in [3.05, 3.63) is 0 Å². The second-order valence-corrected chi connectivity index (χ2v) is 5.20. The number of aliphatic hydroxyl groups is 3. The lowest BCUT2D eigenvalue weighted by Crippen LogP contribution is -2.53. The second-order valence-electron chi connectivity index (χ2n) is 4.58. The fourth-order valence-corrected chi connectivity index (χ4v) is 2.36. The van der Waals surface area contributed by atoms with E-state index in [1.54, 1.807) is 0 Å². The lowest BCUT2D eigenvalue weighted by atomic mass is 9.97. The molecule has 1 saturated heterocycles. The van der Waals surface area contributed by atoms with Crippen LogP contribution in [0.15, 0.2) is 10.1 Å². The normalized spacial score (nSPS) is 42.2. The summed E-state index contributed by atoms with van der Waals surface area (Å²) in [5, 5.41) is 34.4. The van der Waals surface area contributed by atoms with Crippen LogP contribution in [0.25, 0.3) is 0 Å². The summed E-state index contributed by atoms with van der Waals surface area (Å²) in [6.07, 6.45) is 0.561. The highest BCUT2D eigenvalue weighted by Crippen LogP contribution is 2.40. The van der Waals surface area contributed by atoms with Crippen molar-refractivity contribution in [3.8, 4) is 12.3 Å². The number of nitrogens with zero attached hydrogens (tertiary/aromatic N) is 3. The number of nitrogens with two attached hydrogens (primary N) is 1. The number of hydrogen-bond acceptors (Lipinski definition) is 8. The largest absolute Gasteiger partial charge is 0.391 e. The van der Waals surface area contributed by atoms with Gasteiger partial charge in [0, 0.05) is 0 Å². The van der Waals surface area contributed by atoms with Gasteiger partial charge in [0.05, 0.1) is 12.3 Å². The van der Waals surface area contributed by atoms with E-state index in [0.717, 1.165) is 5.01 Å². The molecule has 0 saturated carbocycles. The summed E-state index contributed by atoms with van der Waals surface area (Å²) in [5.41, 5.74) is 5.40. The van der Waals surface area contributed by atoms with Gasteiger partial charge in [-0.2, -0.15) is 5.10 Å². The molecule has 0 spiro atoms. The van der Waals surface area contributed by atoms with Crippen LogP contribution < -0.4 is 5.73 Å². The van der Waals surface area contributed by atoms with Gasteiger partial charge in [-0.3, -0.25) is 0 Å². The fraction of sp³-hybridized carbons (Fsp3) is 0.636. The Kier molecular flexibility index (Phi) is 3.90. The number of ether oxygens (including phenoxy) is 1. The second kappa shape index (κ2) is 5.20. The van der Waals surface area contributed by atoms with Gasteiger partial charge in [-0.1, -0.05) is 17.5 Å². The van der Waals surface area contributed by atoms with E-state index in [-0.39, 0.29) is 5.84 Å². The maximum absolute atomic E-state index is 10.1. The van der Waals surface area contributed by atoms with Crippen LogP contribution in [0.3, 0.4) is 0 Å². The van der Waals surface area contributed by atoms with E-state index in [1.165, 1.54) is 13.1 Å². The van der Waals surface area contributed by atoms with E-state index in [4.69, 9.17) is 28.5 Å². The average Bonchev–Trinajstić information content (AvgIpc) is 2.64. The summed E-state index contributed by atoms with van der Waals surface area (Å²) in [6, 6.07) is 0. The molecule has 0 aromatic heterocycles. The highest BCUT2D eigenvalue weighted by atomic mass is 35.5. The number of rotatable bonds is 2. The molecule has 0 aromatic carbocycles. The molecular formula is C11H15ClN4O4. The smallest absolute Gasteiger partial charge is 0.244 e. The number of terminal acetylenes is 1. The Morgan fingerprint density at radius 1 is 1.65 bits per heavy atom. The first-order valence-electron chi connectivity index (χ1n) is 5.83. The van der Waals surface area contributed by atoms with Crippen LogP contribution in [0.1, 0.15) is 6.92 Å². The average molecular weight is 303 g/mol. The molecule has 0 aliphatic carbocycles. The third-order valence-corrected chi connectivity index (χ3v) is 3.67. The van der Waals surface area contributed by atoms with Crippen LogP contribution in [0.2, 0.25) is 0 Å². The van der Waals surface area contributed by atoms with Crippen molar-refractivity contribution in [2.45, 2.75) is 42.7 Å². The Morgan fingerprint density at radius 3 is 2.80 bits per heavy atom. The van der Waals surface area contributed by atoms with Crippen LogP contribution in [-0.2, 0) is 4.74 Å². The van der Waals surface area contributed by atoms with E-state index in [2.05, 4.69) is 16.0 Å². The van der Waals surface area contributed by atoms with Crippen LogP contribution in [0.4, 0.5) is 0 Å². The maximum atomic E-state index is 10.1. The molecule has 2 heterocycles. The Bertz CT molecular complexity index is 491. The van der Waals surface area contributed by atoms with E-state index in [1.807, 2.05) is 0 Å². The lowest BCUT2D eigenvalue weighted by molar-refractivity contribution is -0.145. The van der Waals surface area contributed by atoms with Crippen LogP contribution >= 0.6 is 11.6 Å². The number of hydrogen-bond donors (Lipinski definition) is 4. The molecule has 110 valence electrons. The first-order valence-corrected chi connectivity index (χ1v) is 6.21. The predicted molar refractivity (Wildman–Crippen MR) is 71.7 cm³/mol. The number of hydrazone groups is 1. The SMILES string of the molecule is C#CC1(Cl)C(O)[C@@H]([C@H](C)O)O[C@H]1N1N=CC(N)=NC1O. The molecule has 20 heavy (non-hydrogen) atoms. The van der Waals surface area contributed by atoms with Crippen molar-refractivity contribution in [2.75, 3.05) is 0 Å². The first kappa shape index (κ1) is 15.0. The number of alkyl halides is 1. The van der Waals surface area contributed by atoms with Gasteiger partial charge in [-0.15, -0.1) is 6.42 Å². The van der Waals surface area contributed by atoms with Crippen molar-refractivity contribution in [2.24, 2.45) is 15.8 Å². The lowest BCUT2D eigenvalue weighted by Gasteiger charge is -2.34. The zero-order valence-electron chi connectivity index (χ0n) is 10.6. The summed E-state index contributed by atoms with van der Waals surface area (Å²) in [5.74, 6) is 2.26. The number of amidine groups is 1. The maximum Gasteiger partial charge on any atom is 0.244 e. The standard InChI is InChI=1S/C11H15ClN4O4/c1-3-11(12)8(18)7(5(2)17)20-9(11)16-10(19)15-6(13)4-14-16/h1,4-5,7-10,17-19H,2H3,(H2,13,15)/t5-,7+,8?,9+,10?,11?/m0/s1. The van der Waals surface area contributed by atoms with Gasteiger partial charge in [0.25, 0.3) is 0 Å². The van der Waals surface area contributed by atoms with Gasteiger partial charge >= 0.3 is 0 Å². The minimum atomic E-state index is -1.69. The monoisotopic (exact) mass is 302 g/mol. The number of aliphatic hydroxyl groups excluding tert-OH is 3. The molecule has 0 amide bonds. The first-order chi connectivity index (χ1) is 9.31. The molecule has 9 heteroatoms. The van der Waals surface area contributed by atoms with E-state index in [9.17, 15) is 15.3 Å². The van der Waals surface area contributed by atoms with Gasteiger partial charge in [-0.05, 0) is 6.92 Å². The summed E-state index contributed by atoms with van der Waals surface area (Å²) in [4.78, 5) is 1.99. The van der Waals surface area contributed by atoms with Gasteiger partial charge in [0.2, 0.25) is 6.35 Å². The van der Waals surface area contributed by atoms with Crippen LogP contribution in [0, 0.1) is 12.3 Å². The molecule has 2 aliphatic rings. The quantitative estimate of drug-likeness (QED) is 0.345. The number of aliphatic imine (C=N–C) groups is 1. The summed E-state index contributed by atoms with van der Waals surface area (Å²) in [7, 11) is 0. The molecule has 0 bridgehead atoms. The topological polar surface area (TPSA) is 124 Å². The fourth-order valence-electron chi connectivity index (χ4n) is 2.09.